The lowest BCUT2D eigenvalue weighted by Gasteiger charge is -1.95. The van der Waals surface area contributed by atoms with Gasteiger partial charge in [0.25, 0.3) is 0 Å². The third-order valence-electron chi connectivity index (χ3n) is 2.13. The van der Waals surface area contributed by atoms with Crippen molar-refractivity contribution < 1.29 is 16.4 Å². The minimum atomic E-state index is 0. The molecule has 9 N–H and O–H groups in total. The Labute approximate surface area is 143 Å². The Kier molecular flexibility index (Phi) is 12.6. The highest BCUT2D eigenvalue weighted by molar-refractivity contribution is 9.28. The summed E-state index contributed by atoms with van der Waals surface area (Å²) in [4.78, 5) is 0.807. The fourth-order valence-corrected chi connectivity index (χ4v) is 2.91. The number of fused-ring (bicyclic) bond motifs is 1. The van der Waals surface area contributed by atoms with E-state index in [9.17, 15) is 0 Å². The van der Waals surface area contributed by atoms with Crippen LogP contribution in [0.2, 0.25) is 0 Å². The van der Waals surface area contributed by atoms with Crippen LogP contribution in [0.3, 0.4) is 0 Å². The molecule has 0 aliphatic heterocycles. The van der Waals surface area contributed by atoms with Crippen LogP contribution in [-0.2, 0) is 0 Å². The Bertz CT molecular complexity index is 600. The van der Waals surface area contributed by atoms with Gasteiger partial charge < -0.3 is 22.2 Å². The van der Waals surface area contributed by atoms with Gasteiger partial charge in [-0.15, -0.1) is 23.7 Å². The lowest BCUT2D eigenvalue weighted by molar-refractivity contribution is 0.823. The molecule has 0 fully saturated rings. The second-order valence-corrected chi connectivity index (χ2v) is 7.07. The van der Waals surface area contributed by atoms with Crippen molar-refractivity contribution in [3.05, 3.63) is 38.1 Å². The molecule has 0 saturated heterocycles. The highest BCUT2D eigenvalue weighted by Crippen LogP contribution is 2.30. The molecule has 114 valence electrons. The summed E-state index contributed by atoms with van der Waals surface area (Å²) in [5.41, 5.74) is 6.59. The van der Waals surface area contributed by atoms with Gasteiger partial charge in [0, 0.05) is 10.1 Å². The summed E-state index contributed by atoms with van der Waals surface area (Å²) in [5.74, 6) is 0.119. The lowest BCUT2D eigenvalue weighted by atomic mass is 10.1. The van der Waals surface area contributed by atoms with Crippen molar-refractivity contribution in [2.45, 2.75) is 0 Å². The number of hydrogen-bond donors (Lipinski definition) is 2. The molecule has 0 aliphatic carbocycles. The van der Waals surface area contributed by atoms with Gasteiger partial charge in [-0.3, -0.25) is 5.41 Å². The van der Waals surface area contributed by atoms with Gasteiger partial charge in [-0.1, -0.05) is 12.1 Å². The molecule has 1 aromatic carbocycles. The summed E-state index contributed by atoms with van der Waals surface area (Å²) in [6.07, 6.45) is 1.99. The van der Waals surface area contributed by atoms with Crippen molar-refractivity contribution >= 4 is 77.6 Å². The van der Waals surface area contributed by atoms with Crippen LogP contribution in [0.25, 0.3) is 16.2 Å². The van der Waals surface area contributed by atoms with Gasteiger partial charge in [-0.25, -0.2) is 0 Å². The number of rotatable bonds is 2. The summed E-state index contributed by atoms with van der Waals surface area (Å²) in [6.45, 7) is 0. The molecule has 0 amide bonds. The first kappa shape index (κ1) is 24.5. The molecule has 0 aliphatic rings. The molecule has 20 heavy (non-hydrogen) atoms. The van der Waals surface area contributed by atoms with Gasteiger partial charge in [0.15, 0.2) is 0 Å². The van der Waals surface area contributed by atoms with E-state index in [-0.39, 0.29) is 34.7 Å². The van der Waals surface area contributed by atoms with E-state index in [1.54, 1.807) is 0 Å². The molecule has 0 radical (unpaired) electrons. The topological polar surface area (TPSA) is 144 Å². The largest absolute Gasteiger partial charge is 0.412 e. The van der Waals surface area contributed by atoms with E-state index < -0.39 is 0 Å². The highest BCUT2D eigenvalue weighted by Gasteiger charge is 2.06. The Morgan fingerprint density at radius 2 is 1.80 bits per heavy atom. The zero-order valence-corrected chi connectivity index (χ0v) is 14.8. The lowest BCUT2D eigenvalue weighted by Crippen LogP contribution is -2.08. The molecule has 1 aromatic heterocycles. The number of halogens is 3. The fraction of sp³-hybridized carbons (Fsp3) is 0. The summed E-state index contributed by atoms with van der Waals surface area (Å²) < 4.78 is 2.03. The van der Waals surface area contributed by atoms with Gasteiger partial charge in [-0.05, 0) is 55.6 Å². The van der Waals surface area contributed by atoms with Crippen LogP contribution in [0.15, 0.2) is 27.7 Å². The first-order valence-corrected chi connectivity index (χ1v) is 6.88. The van der Waals surface area contributed by atoms with Gasteiger partial charge in [0.1, 0.15) is 5.84 Å². The van der Waals surface area contributed by atoms with Crippen molar-refractivity contribution in [1.82, 2.24) is 0 Å². The molecule has 0 spiro atoms. The van der Waals surface area contributed by atoms with Crippen LogP contribution in [0.5, 0.6) is 0 Å². The van der Waals surface area contributed by atoms with E-state index in [2.05, 4.69) is 31.9 Å². The van der Waals surface area contributed by atoms with E-state index in [0.717, 1.165) is 23.9 Å². The molecule has 2 aromatic rings. The second-order valence-electron chi connectivity index (χ2n) is 3.22. The normalized spacial score (nSPS) is 8.30. The number of benzene rings is 1. The van der Waals surface area contributed by atoms with Crippen molar-refractivity contribution in [1.29, 1.82) is 5.41 Å². The summed E-state index contributed by atoms with van der Waals surface area (Å²) in [5, 5.41) is 8.55. The van der Waals surface area contributed by atoms with Crippen molar-refractivity contribution in [3.8, 4) is 0 Å². The molecule has 0 saturated carbocycles. The molecular weight excluding hydrogens is 435 g/mol. The number of nitrogens with two attached hydrogens (primary N) is 1. The maximum atomic E-state index is 7.43. The van der Waals surface area contributed by atoms with Gasteiger partial charge in [0.2, 0.25) is 0 Å². The van der Waals surface area contributed by atoms with E-state index in [1.807, 2.05) is 30.3 Å². The van der Waals surface area contributed by atoms with Crippen LogP contribution in [0.1, 0.15) is 10.4 Å². The monoisotopic (exact) mass is 448 g/mol. The summed E-state index contributed by atoms with van der Waals surface area (Å²) in [7, 11) is 0. The third-order valence-corrected chi connectivity index (χ3v) is 3.72. The van der Waals surface area contributed by atoms with Crippen LogP contribution in [0, 0.1) is 5.41 Å². The molecule has 1 heterocycles. The minimum Gasteiger partial charge on any atom is -0.412 e. The SMILES string of the molecule is Cl.N=C(N)c1cc2c(C=C(Br)Br)cccc2s1.O.O.O. The molecule has 0 unspecified atom stereocenters. The number of hydrogen-bond acceptors (Lipinski definition) is 2. The van der Waals surface area contributed by atoms with Crippen LogP contribution in [-0.4, -0.2) is 22.3 Å². The third kappa shape index (κ3) is 5.49. The second kappa shape index (κ2) is 10.3. The Morgan fingerprint density at radius 1 is 1.20 bits per heavy atom. The number of amidine groups is 1. The van der Waals surface area contributed by atoms with Crippen LogP contribution in [0.4, 0.5) is 0 Å². The molecule has 0 atom stereocenters. The van der Waals surface area contributed by atoms with Crippen LogP contribution >= 0.6 is 55.6 Å². The minimum absolute atomic E-state index is 0. The standard InChI is InChI=1S/C11H8Br2N2S.ClH.3H2O/c12-10(13)4-6-2-1-3-8-7(6)5-9(16-8)11(14)15;;;;/h1-5H,(H3,14,15);1H;3*1H2. The molecule has 0 bridgehead atoms. The van der Waals surface area contributed by atoms with E-state index in [1.165, 1.54) is 11.3 Å². The molecule has 9 heteroatoms. The van der Waals surface area contributed by atoms with E-state index >= 15 is 0 Å². The molecule has 5 nitrogen and oxygen atoms in total. The quantitative estimate of drug-likeness (QED) is 0.525. The van der Waals surface area contributed by atoms with Crippen molar-refractivity contribution in [3.63, 3.8) is 0 Å². The predicted molar refractivity (Wildman–Crippen MR) is 96.8 cm³/mol. The maximum Gasteiger partial charge on any atom is 0.133 e. The van der Waals surface area contributed by atoms with E-state index in [4.69, 9.17) is 11.1 Å². The summed E-state index contributed by atoms with van der Waals surface area (Å²) >= 11 is 8.23. The van der Waals surface area contributed by atoms with Gasteiger partial charge in [-0.2, -0.15) is 0 Å². The van der Waals surface area contributed by atoms with Gasteiger partial charge >= 0.3 is 0 Å². The average molecular weight is 451 g/mol. The average Bonchev–Trinajstić information content (AvgIpc) is 2.61. The highest BCUT2D eigenvalue weighted by atomic mass is 79.9. The zero-order chi connectivity index (χ0) is 11.7. The Hall–Kier alpha value is -0.480. The Morgan fingerprint density at radius 3 is 2.30 bits per heavy atom. The van der Waals surface area contributed by atoms with Crippen molar-refractivity contribution in [2.75, 3.05) is 0 Å². The predicted octanol–water partition coefficient (Wildman–Crippen LogP) is 2.22. The smallest absolute Gasteiger partial charge is 0.133 e. The molecular formula is C11H15Br2ClN2O3S. The van der Waals surface area contributed by atoms with Crippen molar-refractivity contribution in [2.24, 2.45) is 5.73 Å². The van der Waals surface area contributed by atoms with E-state index in [0.29, 0.717) is 0 Å². The number of thiophene rings is 1. The maximum absolute atomic E-state index is 7.43. The fourth-order valence-electron chi connectivity index (χ4n) is 1.46. The summed E-state index contributed by atoms with van der Waals surface area (Å²) in [6, 6.07) is 8.02. The number of nitrogens with one attached hydrogen (secondary N) is 1. The first-order chi connectivity index (χ1) is 7.58. The first-order valence-electron chi connectivity index (χ1n) is 4.47. The van der Waals surface area contributed by atoms with Gasteiger partial charge in [0.05, 0.1) is 8.27 Å². The molecule has 2 rings (SSSR count). The Balaban J connectivity index is -0.000000722. The number of nitrogen functional groups attached to an aromatic ring is 1. The van der Waals surface area contributed by atoms with Crippen LogP contribution < -0.4 is 5.73 Å². The zero-order valence-electron chi connectivity index (χ0n) is 10.0.